The van der Waals surface area contributed by atoms with Crippen LogP contribution in [-0.2, 0) is 5.60 Å². The number of benzene rings is 1. The Morgan fingerprint density at radius 1 is 1.18 bits per heavy atom. The molecule has 1 heterocycles. The Kier molecular flexibility index (Phi) is 7.42. The maximum absolute atomic E-state index is 14.0. The summed E-state index contributed by atoms with van der Waals surface area (Å²) in [6, 6.07) is 4.28. The topological polar surface area (TPSA) is 61.4 Å². The first-order valence-electron chi connectivity index (χ1n) is 8.99. The summed E-state index contributed by atoms with van der Waals surface area (Å²) in [5.74, 6) is -0.191. The molecule has 1 aromatic heterocycles. The van der Waals surface area contributed by atoms with E-state index in [9.17, 15) is 14.3 Å². The maximum atomic E-state index is 14.0. The third-order valence-corrected chi connectivity index (χ3v) is 6.47. The number of carbonyl (C=O) groups is 1. The summed E-state index contributed by atoms with van der Waals surface area (Å²) >= 11 is 8.58. The highest BCUT2D eigenvalue weighted by Gasteiger charge is 2.23. The Bertz CT molecular complexity index is 831. The fourth-order valence-electron chi connectivity index (χ4n) is 2.76. The molecule has 0 aliphatic heterocycles. The van der Waals surface area contributed by atoms with Gasteiger partial charge in [0, 0.05) is 11.3 Å². The van der Waals surface area contributed by atoms with Gasteiger partial charge in [-0.2, -0.15) is 0 Å². The first-order chi connectivity index (χ1) is 12.9. The molecular weight excluding hydrogens is 419 g/mol. The Balaban J connectivity index is 2.18. The first kappa shape index (κ1) is 23.0. The van der Waals surface area contributed by atoms with Crippen LogP contribution in [0.5, 0.6) is 0 Å². The molecule has 1 aromatic carbocycles. The molecule has 2 rings (SSSR count). The van der Waals surface area contributed by atoms with Gasteiger partial charge in [-0.25, -0.2) is 9.18 Å². The number of hydrogen-bond acceptors (Lipinski definition) is 4. The predicted octanol–water partition coefficient (Wildman–Crippen LogP) is 6.84. The van der Waals surface area contributed by atoms with E-state index in [0.717, 1.165) is 27.3 Å². The molecule has 8 heteroatoms. The van der Waals surface area contributed by atoms with Crippen molar-refractivity contribution in [1.82, 2.24) is 4.72 Å². The number of anilines is 1. The van der Waals surface area contributed by atoms with Crippen LogP contribution in [-0.4, -0.2) is 11.1 Å². The normalized spacial score (nSPS) is 12.0. The fourth-order valence-corrected chi connectivity index (χ4v) is 5.16. The van der Waals surface area contributed by atoms with Gasteiger partial charge in [-0.3, -0.25) is 4.72 Å². The van der Waals surface area contributed by atoms with Crippen LogP contribution in [0, 0.1) is 5.82 Å². The summed E-state index contributed by atoms with van der Waals surface area (Å²) in [7, 11) is 0. The minimum Gasteiger partial charge on any atom is -0.386 e. The third-order valence-electron chi connectivity index (χ3n) is 4.21. The number of carbonyl (C=O) groups excluding carboxylic acids is 1. The van der Waals surface area contributed by atoms with Crippen LogP contribution in [0.1, 0.15) is 70.1 Å². The smallest absolute Gasteiger partial charge is 0.329 e. The van der Waals surface area contributed by atoms with E-state index in [1.165, 1.54) is 23.5 Å². The lowest BCUT2D eigenvalue weighted by Crippen LogP contribution is -2.24. The lowest BCUT2D eigenvalue weighted by molar-refractivity contribution is 0.0790. The molecule has 0 fully saturated rings. The molecule has 2 amide bonds. The number of nitrogens with one attached hydrogen (secondary N) is 2. The Labute approximate surface area is 179 Å². The van der Waals surface area contributed by atoms with Gasteiger partial charge in [0.1, 0.15) is 10.2 Å². The largest absolute Gasteiger partial charge is 0.386 e. The van der Waals surface area contributed by atoms with Gasteiger partial charge < -0.3 is 10.4 Å². The van der Waals surface area contributed by atoms with Gasteiger partial charge in [-0.15, -0.1) is 11.3 Å². The van der Waals surface area contributed by atoms with Gasteiger partial charge in [0.05, 0.1) is 9.81 Å². The zero-order valence-corrected chi connectivity index (χ0v) is 19.2. The summed E-state index contributed by atoms with van der Waals surface area (Å²) in [5.41, 5.74) is 1.72. The second kappa shape index (κ2) is 9.03. The molecule has 28 heavy (non-hydrogen) atoms. The molecule has 0 saturated heterocycles. The minimum absolute atomic E-state index is 0.0570. The van der Waals surface area contributed by atoms with E-state index < -0.39 is 11.6 Å². The molecule has 3 N–H and O–H groups in total. The molecule has 4 nitrogen and oxygen atoms in total. The van der Waals surface area contributed by atoms with E-state index in [-0.39, 0.29) is 17.7 Å². The van der Waals surface area contributed by atoms with Crippen molar-refractivity contribution < 1.29 is 14.3 Å². The first-order valence-corrected chi connectivity index (χ1v) is 11.0. The van der Waals surface area contributed by atoms with Gasteiger partial charge in [-0.05, 0) is 67.0 Å². The van der Waals surface area contributed by atoms with Crippen LogP contribution in [0.15, 0.2) is 22.4 Å². The molecule has 0 aliphatic rings. The fraction of sp³-hybridized carbons (Fsp3) is 0.450. The van der Waals surface area contributed by atoms with Crippen molar-refractivity contribution in [2.45, 2.75) is 63.2 Å². The second-order valence-corrected chi connectivity index (χ2v) is 10.5. The predicted molar refractivity (Wildman–Crippen MR) is 117 cm³/mol. The number of amides is 2. The van der Waals surface area contributed by atoms with Crippen molar-refractivity contribution in [1.29, 1.82) is 0 Å². The van der Waals surface area contributed by atoms with E-state index in [1.54, 1.807) is 19.9 Å². The number of aliphatic hydroxyl groups is 1. The SMILES string of the molecule is CC(C)c1cc(F)cc(C(C)C)c1NC(=O)NSc1cc(C(C)(C)O)c(Cl)s1. The van der Waals surface area contributed by atoms with Crippen molar-refractivity contribution >= 4 is 46.6 Å². The zero-order valence-electron chi connectivity index (χ0n) is 16.8. The summed E-state index contributed by atoms with van der Waals surface area (Å²) in [6.07, 6.45) is 0. The Hall–Kier alpha value is -1.28. The van der Waals surface area contributed by atoms with Crippen LogP contribution in [0.2, 0.25) is 4.34 Å². The monoisotopic (exact) mass is 444 g/mol. The van der Waals surface area contributed by atoms with Crippen molar-refractivity contribution in [3.05, 3.63) is 45.0 Å². The molecule has 0 aliphatic carbocycles. The van der Waals surface area contributed by atoms with E-state index in [4.69, 9.17) is 11.6 Å². The number of halogens is 2. The molecule has 154 valence electrons. The number of hydrogen-bond donors (Lipinski definition) is 3. The molecule has 0 spiro atoms. The Morgan fingerprint density at radius 3 is 2.14 bits per heavy atom. The lowest BCUT2D eigenvalue weighted by atomic mass is 9.92. The summed E-state index contributed by atoms with van der Waals surface area (Å²) in [4.78, 5) is 12.5. The third kappa shape index (κ3) is 5.63. The average molecular weight is 445 g/mol. The number of thiophene rings is 1. The maximum Gasteiger partial charge on any atom is 0.329 e. The highest BCUT2D eigenvalue weighted by Crippen LogP contribution is 2.39. The van der Waals surface area contributed by atoms with Crippen molar-refractivity contribution in [3.63, 3.8) is 0 Å². The molecular formula is C20H26ClFN2O2S2. The van der Waals surface area contributed by atoms with Crippen LogP contribution in [0.25, 0.3) is 0 Å². The van der Waals surface area contributed by atoms with Crippen molar-refractivity contribution in [3.8, 4) is 0 Å². The van der Waals surface area contributed by atoms with Gasteiger partial charge in [0.2, 0.25) is 0 Å². The van der Waals surface area contributed by atoms with Crippen molar-refractivity contribution in [2.75, 3.05) is 5.32 Å². The molecule has 0 unspecified atom stereocenters. The van der Waals surface area contributed by atoms with Crippen LogP contribution in [0.3, 0.4) is 0 Å². The number of urea groups is 1. The standard InChI is InChI=1S/C20H26ClFN2O2S2/c1-10(2)13-7-12(22)8-14(11(3)4)17(13)23-19(25)24-28-16-9-15(18(21)27-16)20(5,6)26/h7-11,26H,1-6H3,(H2,23,24,25). The van der Waals surface area contributed by atoms with Crippen LogP contribution in [0.4, 0.5) is 14.9 Å². The van der Waals surface area contributed by atoms with Crippen molar-refractivity contribution in [2.24, 2.45) is 0 Å². The number of rotatable bonds is 6. The summed E-state index contributed by atoms with van der Waals surface area (Å²) in [5, 5.41) is 13.0. The highest BCUT2D eigenvalue weighted by molar-refractivity contribution is 7.99. The highest BCUT2D eigenvalue weighted by atomic mass is 35.5. The molecule has 0 saturated carbocycles. The van der Waals surface area contributed by atoms with Gasteiger partial charge in [0.15, 0.2) is 0 Å². The van der Waals surface area contributed by atoms with Crippen LogP contribution >= 0.6 is 34.9 Å². The van der Waals surface area contributed by atoms with E-state index in [1.807, 2.05) is 27.7 Å². The van der Waals surface area contributed by atoms with E-state index >= 15 is 0 Å². The van der Waals surface area contributed by atoms with E-state index in [2.05, 4.69) is 10.0 Å². The minimum atomic E-state index is -1.05. The average Bonchev–Trinajstić information content (AvgIpc) is 2.95. The molecule has 0 radical (unpaired) electrons. The lowest BCUT2D eigenvalue weighted by Gasteiger charge is -2.20. The van der Waals surface area contributed by atoms with E-state index in [0.29, 0.717) is 15.6 Å². The zero-order chi connectivity index (χ0) is 21.2. The second-order valence-electron chi connectivity index (χ2n) is 7.74. The van der Waals surface area contributed by atoms with Gasteiger partial charge in [0.25, 0.3) is 0 Å². The molecule has 2 aromatic rings. The quantitative estimate of drug-likeness (QED) is 0.427. The van der Waals surface area contributed by atoms with Gasteiger partial charge in [-0.1, -0.05) is 39.3 Å². The molecule has 0 atom stereocenters. The summed E-state index contributed by atoms with van der Waals surface area (Å²) in [6.45, 7) is 11.2. The van der Waals surface area contributed by atoms with Gasteiger partial charge >= 0.3 is 6.03 Å². The molecule has 0 bridgehead atoms. The van der Waals surface area contributed by atoms with Crippen LogP contribution < -0.4 is 10.0 Å². The Morgan fingerprint density at radius 2 is 1.71 bits per heavy atom. The summed E-state index contributed by atoms with van der Waals surface area (Å²) < 4.78 is 18.0.